The minimum atomic E-state index is -0.480. The van der Waals surface area contributed by atoms with Crippen molar-refractivity contribution in [1.82, 2.24) is 9.47 Å². The number of benzene rings is 1. The highest BCUT2D eigenvalue weighted by molar-refractivity contribution is 6.02. The van der Waals surface area contributed by atoms with Gasteiger partial charge in [-0.2, -0.15) is 0 Å². The number of esters is 1. The van der Waals surface area contributed by atoms with Gasteiger partial charge >= 0.3 is 5.97 Å². The van der Waals surface area contributed by atoms with Crippen molar-refractivity contribution in [2.45, 2.75) is 39.7 Å². The largest absolute Gasteiger partial charge is 0.465 e. The second-order valence-electron chi connectivity index (χ2n) is 7.34. The van der Waals surface area contributed by atoms with Crippen LogP contribution in [0.25, 0.3) is 11.1 Å². The maximum absolute atomic E-state index is 12.2. The van der Waals surface area contributed by atoms with E-state index in [2.05, 4.69) is 4.57 Å². The van der Waals surface area contributed by atoms with Gasteiger partial charge in [0.1, 0.15) is 0 Å². The first-order valence-electron chi connectivity index (χ1n) is 9.81. The molecule has 0 aliphatic carbocycles. The molecular weight excluding hydrogens is 370 g/mol. The molecule has 154 valence electrons. The number of hydrogen-bond acceptors (Lipinski definition) is 4. The normalized spacial score (nSPS) is 13.8. The average Bonchev–Trinajstić information content (AvgIpc) is 3.22. The Kier molecular flexibility index (Phi) is 6.06. The molecule has 1 aromatic carbocycles. The van der Waals surface area contributed by atoms with Crippen LogP contribution in [-0.2, 0) is 16.1 Å². The fourth-order valence-corrected chi connectivity index (χ4v) is 4.12. The van der Waals surface area contributed by atoms with E-state index in [0.29, 0.717) is 30.6 Å². The lowest BCUT2D eigenvalue weighted by atomic mass is 9.99. The van der Waals surface area contributed by atoms with Crippen molar-refractivity contribution in [2.24, 2.45) is 5.73 Å². The van der Waals surface area contributed by atoms with E-state index in [-0.39, 0.29) is 5.91 Å². The number of nitrogens with two attached hydrogens (primary N) is 1. The lowest BCUT2D eigenvalue weighted by Gasteiger charge is -2.16. The number of carbonyl (C=O) groups excluding carboxylic acids is 3. The Morgan fingerprint density at radius 3 is 2.34 bits per heavy atom. The zero-order chi connectivity index (χ0) is 21.1. The van der Waals surface area contributed by atoms with E-state index in [9.17, 15) is 14.4 Å². The summed E-state index contributed by atoms with van der Waals surface area (Å²) in [4.78, 5) is 37.6. The molecule has 7 heteroatoms. The number of aromatic nitrogens is 1. The molecule has 0 bridgehead atoms. The molecule has 7 nitrogen and oxygen atoms in total. The standard InChI is InChI=1S/C22H27N3O4/c1-14-19(16-7-9-17(10-8-16)22(28)29-3)20(21(23)27)15(2)25(14)13-5-12-24-11-4-6-18(24)26/h7-10H,4-6,11-13H2,1-3H3,(H2,23,27). The minimum absolute atomic E-state index is 0.218. The second kappa shape index (κ2) is 8.51. The highest BCUT2D eigenvalue weighted by atomic mass is 16.5. The first-order valence-corrected chi connectivity index (χ1v) is 9.81. The van der Waals surface area contributed by atoms with Gasteiger partial charge in [-0.25, -0.2) is 4.79 Å². The van der Waals surface area contributed by atoms with Crippen molar-refractivity contribution in [3.05, 3.63) is 46.8 Å². The van der Waals surface area contributed by atoms with Crippen molar-refractivity contribution < 1.29 is 19.1 Å². The molecular formula is C22H27N3O4. The summed E-state index contributed by atoms with van der Waals surface area (Å²) >= 11 is 0. The van der Waals surface area contributed by atoms with Gasteiger partial charge in [-0.05, 0) is 44.4 Å². The van der Waals surface area contributed by atoms with Gasteiger partial charge in [0, 0.05) is 43.0 Å². The fourth-order valence-electron chi connectivity index (χ4n) is 4.12. The van der Waals surface area contributed by atoms with Gasteiger partial charge in [0.25, 0.3) is 5.91 Å². The van der Waals surface area contributed by atoms with Crippen LogP contribution in [0.2, 0.25) is 0 Å². The van der Waals surface area contributed by atoms with E-state index in [4.69, 9.17) is 10.5 Å². The lowest BCUT2D eigenvalue weighted by Crippen LogP contribution is -2.26. The summed E-state index contributed by atoms with van der Waals surface area (Å²) in [6.45, 7) is 6.09. The topological polar surface area (TPSA) is 94.6 Å². The molecule has 0 saturated carbocycles. The van der Waals surface area contributed by atoms with Crippen LogP contribution in [0.5, 0.6) is 0 Å². The number of amides is 2. The zero-order valence-corrected chi connectivity index (χ0v) is 17.2. The number of rotatable bonds is 7. The summed E-state index contributed by atoms with van der Waals surface area (Å²) in [5.74, 6) is -0.671. The van der Waals surface area contributed by atoms with Crippen molar-refractivity contribution in [2.75, 3.05) is 20.2 Å². The van der Waals surface area contributed by atoms with Crippen LogP contribution in [0.15, 0.2) is 24.3 Å². The molecule has 1 aliphatic rings. The van der Waals surface area contributed by atoms with Gasteiger partial charge in [0.2, 0.25) is 5.91 Å². The quantitative estimate of drug-likeness (QED) is 0.727. The van der Waals surface area contributed by atoms with Crippen molar-refractivity contribution in [3.8, 4) is 11.1 Å². The lowest BCUT2D eigenvalue weighted by molar-refractivity contribution is -0.127. The van der Waals surface area contributed by atoms with E-state index < -0.39 is 11.9 Å². The summed E-state index contributed by atoms with van der Waals surface area (Å²) in [5.41, 5.74) is 9.99. The molecule has 2 N–H and O–H groups in total. The molecule has 1 fully saturated rings. The Labute approximate surface area is 170 Å². The van der Waals surface area contributed by atoms with Crippen LogP contribution in [0.1, 0.15) is 51.4 Å². The first-order chi connectivity index (χ1) is 13.8. The Morgan fingerprint density at radius 2 is 1.79 bits per heavy atom. The van der Waals surface area contributed by atoms with Crippen LogP contribution in [0.3, 0.4) is 0 Å². The van der Waals surface area contributed by atoms with Gasteiger partial charge in [0.15, 0.2) is 0 Å². The monoisotopic (exact) mass is 397 g/mol. The maximum Gasteiger partial charge on any atom is 0.337 e. The van der Waals surface area contributed by atoms with Gasteiger partial charge in [0.05, 0.1) is 18.2 Å². The third-order valence-electron chi connectivity index (χ3n) is 5.61. The van der Waals surface area contributed by atoms with Crippen LogP contribution in [0, 0.1) is 13.8 Å². The average molecular weight is 397 g/mol. The maximum atomic E-state index is 12.2. The Balaban J connectivity index is 1.89. The van der Waals surface area contributed by atoms with Gasteiger partial charge in [-0.15, -0.1) is 0 Å². The smallest absolute Gasteiger partial charge is 0.337 e. The molecule has 1 saturated heterocycles. The van der Waals surface area contributed by atoms with Gasteiger partial charge in [-0.1, -0.05) is 12.1 Å². The van der Waals surface area contributed by atoms with Crippen molar-refractivity contribution >= 4 is 17.8 Å². The summed E-state index contributed by atoms with van der Waals surface area (Å²) < 4.78 is 6.83. The van der Waals surface area contributed by atoms with Gasteiger partial charge < -0.3 is 19.9 Å². The molecule has 0 spiro atoms. The third kappa shape index (κ3) is 4.04. The predicted molar refractivity (Wildman–Crippen MR) is 110 cm³/mol. The van der Waals surface area contributed by atoms with Crippen molar-refractivity contribution in [3.63, 3.8) is 0 Å². The highest BCUT2D eigenvalue weighted by Crippen LogP contribution is 2.32. The number of likely N-dealkylation sites (tertiary alicyclic amines) is 1. The van der Waals surface area contributed by atoms with E-state index in [1.807, 2.05) is 18.7 Å². The molecule has 2 amide bonds. The fraction of sp³-hybridized carbons (Fsp3) is 0.409. The SMILES string of the molecule is COC(=O)c1ccc(-c2c(C(N)=O)c(C)n(CCCN3CCCC3=O)c2C)cc1. The molecule has 2 aromatic rings. The van der Waals surface area contributed by atoms with E-state index >= 15 is 0 Å². The molecule has 3 rings (SSSR count). The second-order valence-corrected chi connectivity index (χ2v) is 7.34. The van der Waals surface area contributed by atoms with E-state index in [1.165, 1.54) is 7.11 Å². The van der Waals surface area contributed by atoms with Crippen LogP contribution in [-0.4, -0.2) is 47.4 Å². The summed E-state index contributed by atoms with van der Waals surface area (Å²) in [6, 6.07) is 6.95. The summed E-state index contributed by atoms with van der Waals surface area (Å²) in [6.07, 6.45) is 2.37. The van der Waals surface area contributed by atoms with Crippen LogP contribution in [0.4, 0.5) is 0 Å². The number of ether oxygens (including phenoxy) is 1. The van der Waals surface area contributed by atoms with Gasteiger partial charge in [-0.3, -0.25) is 9.59 Å². The number of carbonyl (C=O) groups is 3. The Bertz CT molecular complexity index is 944. The molecule has 0 unspecified atom stereocenters. The summed E-state index contributed by atoms with van der Waals surface area (Å²) in [5, 5.41) is 0. The van der Waals surface area contributed by atoms with Crippen LogP contribution < -0.4 is 5.73 Å². The van der Waals surface area contributed by atoms with Crippen molar-refractivity contribution in [1.29, 1.82) is 0 Å². The number of primary amides is 1. The number of hydrogen-bond donors (Lipinski definition) is 1. The molecule has 0 radical (unpaired) electrons. The number of nitrogens with zero attached hydrogens (tertiary/aromatic N) is 2. The zero-order valence-electron chi connectivity index (χ0n) is 17.2. The van der Waals surface area contributed by atoms with E-state index in [0.717, 1.165) is 41.9 Å². The molecule has 29 heavy (non-hydrogen) atoms. The first kappa shape index (κ1) is 20.6. The molecule has 1 aliphatic heterocycles. The van der Waals surface area contributed by atoms with Crippen LogP contribution >= 0.6 is 0 Å². The minimum Gasteiger partial charge on any atom is -0.465 e. The predicted octanol–water partition coefficient (Wildman–Crippen LogP) is 2.67. The number of methoxy groups -OCH3 is 1. The third-order valence-corrected chi connectivity index (χ3v) is 5.61. The summed E-state index contributed by atoms with van der Waals surface area (Å²) in [7, 11) is 1.34. The molecule has 2 heterocycles. The Morgan fingerprint density at radius 1 is 1.10 bits per heavy atom. The van der Waals surface area contributed by atoms with E-state index in [1.54, 1.807) is 24.3 Å². The molecule has 0 atom stereocenters. The highest BCUT2D eigenvalue weighted by Gasteiger charge is 2.24. The molecule has 1 aromatic heterocycles. The Hall–Kier alpha value is -3.09.